The van der Waals surface area contributed by atoms with Gasteiger partial charge in [-0.3, -0.25) is 0 Å². The van der Waals surface area contributed by atoms with Crippen LogP contribution in [-0.4, -0.2) is 30.8 Å². The van der Waals surface area contributed by atoms with Gasteiger partial charge in [0.2, 0.25) is 0 Å². The molecule has 0 spiro atoms. The number of carbonyl (C=O) groups excluding carboxylic acids is 1. The first-order valence-corrected chi connectivity index (χ1v) is 4.99. The third-order valence-electron chi connectivity index (χ3n) is 1.50. The van der Waals surface area contributed by atoms with E-state index in [1.807, 2.05) is 27.7 Å². The second-order valence-corrected chi connectivity index (χ2v) is 4.37. The highest BCUT2D eigenvalue weighted by Gasteiger charge is 2.16. The van der Waals surface area contributed by atoms with E-state index in [-0.39, 0.29) is 6.04 Å². The van der Waals surface area contributed by atoms with Crippen LogP contribution in [0.15, 0.2) is 0 Å². The maximum absolute atomic E-state index is 11.2. The lowest BCUT2D eigenvalue weighted by molar-refractivity contribution is 0.0523. The summed E-state index contributed by atoms with van der Waals surface area (Å²) in [6.07, 6.45) is 4.69. The van der Waals surface area contributed by atoms with E-state index in [4.69, 9.17) is 11.2 Å². The lowest BCUT2D eigenvalue weighted by Gasteiger charge is -2.20. The van der Waals surface area contributed by atoms with E-state index < -0.39 is 11.7 Å². The minimum atomic E-state index is -0.459. The van der Waals surface area contributed by atoms with Gasteiger partial charge in [-0.2, -0.15) is 0 Å². The summed E-state index contributed by atoms with van der Waals surface area (Å²) in [5, 5.41) is 5.70. The quantitative estimate of drug-likeness (QED) is 0.687. The van der Waals surface area contributed by atoms with Gasteiger partial charge in [-0.1, -0.05) is 5.92 Å². The average Bonchev–Trinajstić information content (AvgIpc) is 2.08. The van der Waals surface area contributed by atoms with E-state index in [2.05, 4.69) is 16.6 Å². The van der Waals surface area contributed by atoms with Crippen LogP contribution in [0.25, 0.3) is 0 Å². The Hall–Kier alpha value is -1.21. The van der Waals surface area contributed by atoms with Crippen LogP contribution in [0.1, 0.15) is 27.7 Å². The van der Waals surface area contributed by atoms with Crippen molar-refractivity contribution in [2.45, 2.75) is 39.3 Å². The molecular weight excluding hydrogens is 192 g/mol. The first kappa shape index (κ1) is 13.8. The van der Waals surface area contributed by atoms with Gasteiger partial charge in [0.25, 0.3) is 0 Å². The first-order valence-electron chi connectivity index (χ1n) is 4.99. The first-order chi connectivity index (χ1) is 6.85. The van der Waals surface area contributed by atoms with Crippen LogP contribution in [0, 0.1) is 12.3 Å². The van der Waals surface area contributed by atoms with E-state index in [0.717, 1.165) is 0 Å². The van der Waals surface area contributed by atoms with Crippen molar-refractivity contribution < 1.29 is 9.53 Å². The molecule has 0 aromatic carbocycles. The van der Waals surface area contributed by atoms with Gasteiger partial charge in [0.15, 0.2) is 0 Å². The highest BCUT2D eigenvalue weighted by atomic mass is 16.6. The number of alkyl carbamates (subject to hydrolysis) is 1. The van der Waals surface area contributed by atoms with Gasteiger partial charge in [0, 0.05) is 12.6 Å². The van der Waals surface area contributed by atoms with E-state index >= 15 is 0 Å². The van der Waals surface area contributed by atoms with Crippen molar-refractivity contribution in [1.82, 2.24) is 10.6 Å². The van der Waals surface area contributed by atoms with Crippen LogP contribution in [0.5, 0.6) is 0 Å². The van der Waals surface area contributed by atoms with Crippen molar-refractivity contribution in [3.63, 3.8) is 0 Å². The second-order valence-electron chi connectivity index (χ2n) is 4.37. The lowest BCUT2D eigenvalue weighted by atomic mass is 10.2. The van der Waals surface area contributed by atoms with Crippen LogP contribution in [0.4, 0.5) is 4.79 Å². The molecule has 0 bridgehead atoms. The molecule has 15 heavy (non-hydrogen) atoms. The largest absolute Gasteiger partial charge is 0.444 e. The number of hydrogen-bond donors (Lipinski definition) is 2. The summed E-state index contributed by atoms with van der Waals surface area (Å²) in [4.78, 5) is 11.2. The van der Waals surface area contributed by atoms with Gasteiger partial charge in [-0.05, 0) is 27.7 Å². The summed E-state index contributed by atoms with van der Waals surface area (Å²) >= 11 is 0. The Morgan fingerprint density at radius 2 is 2.13 bits per heavy atom. The molecule has 0 aliphatic heterocycles. The fraction of sp³-hybridized carbons (Fsp3) is 0.727. The molecule has 0 aromatic heterocycles. The molecule has 0 heterocycles. The van der Waals surface area contributed by atoms with E-state index in [1.54, 1.807) is 0 Å². The Morgan fingerprint density at radius 3 is 2.60 bits per heavy atom. The fourth-order valence-corrected chi connectivity index (χ4v) is 0.856. The molecule has 0 radical (unpaired) electrons. The number of carbonyl (C=O) groups is 1. The van der Waals surface area contributed by atoms with Crippen LogP contribution in [0.2, 0.25) is 0 Å². The lowest BCUT2D eigenvalue weighted by Crippen LogP contribution is -2.41. The van der Waals surface area contributed by atoms with Crippen LogP contribution in [-0.2, 0) is 4.74 Å². The third-order valence-corrected chi connectivity index (χ3v) is 1.50. The Balaban J connectivity index is 3.68. The summed E-state index contributed by atoms with van der Waals surface area (Å²) in [7, 11) is 0. The molecule has 2 N–H and O–H groups in total. The van der Waals surface area contributed by atoms with Gasteiger partial charge in [0.05, 0.1) is 6.54 Å². The van der Waals surface area contributed by atoms with Crippen molar-refractivity contribution in [3.05, 3.63) is 0 Å². The van der Waals surface area contributed by atoms with Gasteiger partial charge in [0.1, 0.15) is 5.60 Å². The highest BCUT2D eigenvalue weighted by molar-refractivity contribution is 5.67. The van der Waals surface area contributed by atoms with E-state index in [0.29, 0.717) is 13.1 Å². The van der Waals surface area contributed by atoms with Gasteiger partial charge in [-0.25, -0.2) is 4.79 Å². The number of ether oxygens (including phenoxy) is 1. The normalized spacial score (nSPS) is 12.7. The molecule has 0 aliphatic carbocycles. The van der Waals surface area contributed by atoms with Crippen molar-refractivity contribution in [3.8, 4) is 12.3 Å². The second kappa shape index (κ2) is 6.31. The van der Waals surface area contributed by atoms with E-state index in [1.165, 1.54) is 0 Å². The minimum absolute atomic E-state index is 0.133. The average molecular weight is 212 g/mol. The van der Waals surface area contributed by atoms with Gasteiger partial charge < -0.3 is 15.4 Å². The molecule has 4 nitrogen and oxygen atoms in total. The number of rotatable bonds is 4. The monoisotopic (exact) mass is 212 g/mol. The molecular formula is C11H20N2O2. The van der Waals surface area contributed by atoms with Gasteiger partial charge >= 0.3 is 6.09 Å². The van der Waals surface area contributed by atoms with Crippen molar-refractivity contribution >= 4 is 6.09 Å². The minimum Gasteiger partial charge on any atom is -0.444 e. The van der Waals surface area contributed by atoms with Crippen LogP contribution >= 0.6 is 0 Å². The van der Waals surface area contributed by atoms with Crippen LogP contribution in [0.3, 0.4) is 0 Å². The molecule has 86 valence electrons. The smallest absolute Gasteiger partial charge is 0.407 e. The maximum atomic E-state index is 11.2. The summed E-state index contributed by atoms with van der Waals surface area (Å²) in [5.74, 6) is 2.47. The Kier molecular flexibility index (Phi) is 5.80. The molecule has 1 unspecified atom stereocenters. The summed E-state index contributed by atoms with van der Waals surface area (Å²) in [6, 6.07) is 0.133. The molecule has 0 aromatic rings. The Labute approximate surface area is 91.8 Å². The summed E-state index contributed by atoms with van der Waals surface area (Å²) < 4.78 is 5.07. The number of hydrogen-bond acceptors (Lipinski definition) is 3. The standard InChI is InChI=1S/C11H20N2O2/c1-6-7-12-9(2)8-13-10(14)15-11(3,4)5/h1,9,12H,7-8H2,2-5H3,(H,13,14). The number of amides is 1. The van der Waals surface area contributed by atoms with E-state index in [9.17, 15) is 4.79 Å². The molecule has 0 rings (SSSR count). The zero-order chi connectivity index (χ0) is 11.9. The van der Waals surface area contributed by atoms with Gasteiger partial charge in [-0.15, -0.1) is 6.42 Å². The fourth-order valence-electron chi connectivity index (χ4n) is 0.856. The zero-order valence-corrected chi connectivity index (χ0v) is 9.89. The SMILES string of the molecule is C#CCNC(C)CNC(=O)OC(C)(C)C. The predicted octanol–water partition coefficient (Wildman–Crippen LogP) is 1.12. The Bertz CT molecular complexity index is 238. The van der Waals surface area contributed by atoms with Crippen molar-refractivity contribution in [1.29, 1.82) is 0 Å². The predicted molar refractivity (Wildman–Crippen MR) is 60.5 cm³/mol. The van der Waals surface area contributed by atoms with Crippen molar-refractivity contribution in [2.75, 3.05) is 13.1 Å². The molecule has 0 aliphatic rings. The molecule has 4 heteroatoms. The summed E-state index contributed by atoms with van der Waals surface area (Å²) in [6.45, 7) is 8.41. The third kappa shape index (κ3) is 9.10. The topological polar surface area (TPSA) is 50.4 Å². The maximum Gasteiger partial charge on any atom is 0.407 e. The molecule has 0 saturated carbocycles. The molecule has 1 amide bonds. The van der Waals surface area contributed by atoms with Crippen molar-refractivity contribution in [2.24, 2.45) is 0 Å². The summed E-state index contributed by atoms with van der Waals surface area (Å²) in [5.41, 5.74) is -0.459. The molecule has 0 saturated heterocycles. The Morgan fingerprint density at radius 1 is 1.53 bits per heavy atom. The highest BCUT2D eigenvalue weighted by Crippen LogP contribution is 2.06. The molecule has 1 atom stereocenters. The molecule has 0 fully saturated rings. The zero-order valence-electron chi connectivity index (χ0n) is 9.89. The number of terminal acetylenes is 1. The number of nitrogens with one attached hydrogen (secondary N) is 2. The van der Waals surface area contributed by atoms with Crippen LogP contribution < -0.4 is 10.6 Å².